The molecule has 5 rings (SSSR count). The third-order valence-corrected chi connectivity index (χ3v) is 7.33. The van der Waals surface area contributed by atoms with Crippen molar-refractivity contribution in [3.05, 3.63) is 58.9 Å². The van der Waals surface area contributed by atoms with Crippen LogP contribution >= 0.6 is 0 Å². The minimum atomic E-state index is -4.46. The molecule has 1 aliphatic heterocycles. The number of aryl methyl sites for hydroxylation is 1. The first-order valence-electron chi connectivity index (χ1n) is 12.7. The van der Waals surface area contributed by atoms with Crippen molar-refractivity contribution < 1.29 is 27.8 Å². The first-order valence-corrected chi connectivity index (χ1v) is 12.7. The number of aliphatic carboxylic acids is 1. The summed E-state index contributed by atoms with van der Waals surface area (Å²) in [7, 11) is 1.49. The maximum Gasteiger partial charge on any atom is 0.416 e. The number of nitrogens with two attached hydrogens (primary N) is 1. The predicted octanol–water partition coefficient (Wildman–Crippen LogP) is 4.91. The van der Waals surface area contributed by atoms with E-state index in [1.54, 1.807) is 28.5 Å². The van der Waals surface area contributed by atoms with Crippen LogP contribution in [-0.4, -0.2) is 50.0 Å². The lowest BCUT2D eigenvalue weighted by atomic mass is 9.83. The lowest BCUT2D eigenvalue weighted by Gasteiger charge is -2.36. The molecule has 206 valence electrons. The van der Waals surface area contributed by atoms with E-state index in [4.69, 9.17) is 10.5 Å². The molecule has 1 aliphatic carbocycles. The molecule has 1 fully saturated rings. The van der Waals surface area contributed by atoms with Crippen LogP contribution in [0, 0.1) is 12.8 Å². The van der Waals surface area contributed by atoms with Crippen molar-refractivity contribution in [1.29, 1.82) is 0 Å². The van der Waals surface area contributed by atoms with E-state index in [0.717, 1.165) is 37.8 Å². The number of ether oxygens (including phenoxy) is 1. The maximum absolute atomic E-state index is 13.2. The number of carboxylic acids is 1. The number of alkyl halides is 3. The highest BCUT2D eigenvalue weighted by molar-refractivity contribution is 6.35. The third kappa shape index (κ3) is 5.20. The van der Waals surface area contributed by atoms with Crippen molar-refractivity contribution in [3.63, 3.8) is 0 Å². The molecule has 3 heterocycles. The summed E-state index contributed by atoms with van der Waals surface area (Å²) in [4.78, 5) is 27.4. The van der Waals surface area contributed by atoms with Gasteiger partial charge in [0.2, 0.25) is 5.84 Å². The van der Waals surface area contributed by atoms with E-state index in [2.05, 4.69) is 15.0 Å². The van der Waals surface area contributed by atoms with Crippen LogP contribution in [0.1, 0.15) is 54.4 Å². The van der Waals surface area contributed by atoms with Crippen LogP contribution in [0.4, 0.5) is 19.0 Å². The Hall–Kier alpha value is -3.93. The number of methoxy groups -OCH3 is 1. The fraction of sp³-hybridized carbons (Fsp3) is 0.407. The molecule has 2 aromatic heterocycles. The number of amidine groups is 1. The number of nitrogens with zero attached hydrogens (tertiary/aromatic N) is 5. The van der Waals surface area contributed by atoms with Crippen molar-refractivity contribution in [2.24, 2.45) is 16.6 Å². The molecule has 1 unspecified atom stereocenters. The number of aliphatic imine (C=N–C) groups is 1. The summed E-state index contributed by atoms with van der Waals surface area (Å²) in [6, 6.07) is 8.36. The summed E-state index contributed by atoms with van der Waals surface area (Å²) < 4.78 is 46.8. The first-order chi connectivity index (χ1) is 18.6. The standard InChI is InChI=1S/C27H29F3N6O3/c1-15-6-11-19(39-2)20(32-15)24-33-23-21(36(24)14-17-7-9-18(10-8-17)27(28,29)30)22(31)35(25(34-23)26(37)38)13-12-16-4-3-5-16/h6-11,16,22H,3-5,12-14,31H2,1-2H3,(H,37,38). The lowest BCUT2D eigenvalue weighted by molar-refractivity contribution is -0.137. The van der Waals surface area contributed by atoms with Crippen LogP contribution in [0.3, 0.4) is 0 Å². The van der Waals surface area contributed by atoms with E-state index in [0.29, 0.717) is 46.7 Å². The van der Waals surface area contributed by atoms with Crippen LogP contribution in [0.15, 0.2) is 41.4 Å². The van der Waals surface area contributed by atoms with Crippen LogP contribution in [0.5, 0.6) is 5.75 Å². The molecule has 2 aliphatic rings. The van der Waals surface area contributed by atoms with E-state index in [-0.39, 0.29) is 18.2 Å². The highest BCUT2D eigenvalue weighted by atomic mass is 19.4. The molecule has 1 aromatic carbocycles. The molecule has 12 heteroatoms. The van der Waals surface area contributed by atoms with E-state index < -0.39 is 23.9 Å². The van der Waals surface area contributed by atoms with Gasteiger partial charge in [0.25, 0.3) is 0 Å². The van der Waals surface area contributed by atoms with E-state index in [9.17, 15) is 23.1 Å². The van der Waals surface area contributed by atoms with Gasteiger partial charge in [0.15, 0.2) is 11.6 Å². The zero-order valence-electron chi connectivity index (χ0n) is 21.6. The number of imidazole rings is 1. The quantitative estimate of drug-likeness (QED) is 0.415. The Morgan fingerprint density at radius 2 is 1.87 bits per heavy atom. The maximum atomic E-state index is 13.2. The highest BCUT2D eigenvalue weighted by Crippen LogP contribution is 2.39. The van der Waals surface area contributed by atoms with E-state index >= 15 is 0 Å². The zero-order valence-corrected chi connectivity index (χ0v) is 21.6. The number of carboxylic acid groups (broad SMARTS) is 1. The largest absolute Gasteiger partial charge is 0.494 e. The van der Waals surface area contributed by atoms with Crippen LogP contribution in [0.25, 0.3) is 11.5 Å². The van der Waals surface area contributed by atoms with Gasteiger partial charge in [0, 0.05) is 18.8 Å². The Balaban J connectivity index is 1.63. The average molecular weight is 543 g/mol. The summed E-state index contributed by atoms with van der Waals surface area (Å²) in [6.45, 7) is 2.32. The monoisotopic (exact) mass is 542 g/mol. The van der Waals surface area contributed by atoms with Gasteiger partial charge < -0.3 is 25.0 Å². The van der Waals surface area contributed by atoms with Crippen LogP contribution < -0.4 is 10.5 Å². The molecule has 3 aromatic rings. The number of aromatic nitrogens is 3. The topological polar surface area (TPSA) is 119 Å². The molecule has 0 spiro atoms. The number of halogens is 3. The average Bonchev–Trinajstić information content (AvgIpc) is 3.22. The smallest absolute Gasteiger partial charge is 0.416 e. The third-order valence-electron chi connectivity index (χ3n) is 7.33. The fourth-order valence-electron chi connectivity index (χ4n) is 4.98. The predicted molar refractivity (Wildman–Crippen MR) is 138 cm³/mol. The summed E-state index contributed by atoms with van der Waals surface area (Å²) in [5.41, 5.74) is 8.06. The van der Waals surface area contributed by atoms with Crippen LogP contribution in [0.2, 0.25) is 0 Å². The molecule has 3 N–H and O–H groups in total. The Labute approximate surface area is 223 Å². The number of benzene rings is 1. The second-order valence-corrected chi connectivity index (χ2v) is 9.89. The molecule has 0 radical (unpaired) electrons. The molecule has 39 heavy (non-hydrogen) atoms. The van der Waals surface area contributed by atoms with Crippen molar-refractivity contribution in [3.8, 4) is 17.3 Å². The molecular weight excluding hydrogens is 513 g/mol. The molecule has 1 atom stereocenters. The Kier molecular flexibility index (Phi) is 7.06. The summed E-state index contributed by atoms with van der Waals surface area (Å²) in [6.07, 6.45) is -1.21. The van der Waals surface area contributed by atoms with Crippen molar-refractivity contribution in [1.82, 2.24) is 19.4 Å². The number of pyridine rings is 1. The van der Waals surface area contributed by atoms with Gasteiger partial charge in [-0.3, -0.25) is 0 Å². The summed E-state index contributed by atoms with van der Waals surface area (Å²) in [5, 5.41) is 9.94. The molecular formula is C27H29F3N6O3. The Morgan fingerprint density at radius 1 is 1.15 bits per heavy atom. The molecule has 9 nitrogen and oxygen atoms in total. The highest BCUT2D eigenvalue weighted by Gasteiger charge is 2.37. The van der Waals surface area contributed by atoms with Gasteiger partial charge in [-0.05, 0) is 49.1 Å². The molecule has 1 saturated carbocycles. The number of hydrogen-bond donors (Lipinski definition) is 2. The number of fused-ring (bicyclic) bond motifs is 1. The zero-order chi connectivity index (χ0) is 27.9. The van der Waals surface area contributed by atoms with Gasteiger partial charge in [-0.15, -0.1) is 0 Å². The van der Waals surface area contributed by atoms with Crippen molar-refractivity contribution >= 4 is 17.6 Å². The Bertz CT molecular complexity index is 1410. The van der Waals surface area contributed by atoms with E-state index in [1.165, 1.54) is 19.2 Å². The lowest BCUT2D eigenvalue weighted by Crippen LogP contribution is -2.46. The second-order valence-electron chi connectivity index (χ2n) is 9.89. The minimum Gasteiger partial charge on any atom is -0.494 e. The van der Waals surface area contributed by atoms with Crippen molar-refractivity contribution in [2.45, 2.75) is 51.5 Å². The number of carbonyl (C=O) groups is 1. The number of rotatable bonds is 8. The van der Waals surface area contributed by atoms with E-state index in [1.807, 2.05) is 0 Å². The van der Waals surface area contributed by atoms with Gasteiger partial charge in [-0.1, -0.05) is 31.4 Å². The summed E-state index contributed by atoms with van der Waals surface area (Å²) >= 11 is 0. The van der Waals surface area contributed by atoms with Crippen LogP contribution in [-0.2, 0) is 17.5 Å². The Morgan fingerprint density at radius 3 is 2.46 bits per heavy atom. The normalized spacial score (nSPS) is 17.4. The first kappa shape index (κ1) is 26.7. The van der Waals surface area contributed by atoms with Gasteiger partial charge >= 0.3 is 12.1 Å². The van der Waals surface area contributed by atoms with Crippen molar-refractivity contribution in [2.75, 3.05) is 13.7 Å². The van der Waals surface area contributed by atoms with Gasteiger partial charge in [0.05, 0.1) is 12.7 Å². The summed E-state index contributed by atoms with van der Waals surface area (Å²) in [5.74, 6) is -0.00666. The molecule has 0 saturated heterocycles. The molecule has 0 amide bonds. The molecule has 0 bridgehead atoms. The SMILES string of the molecule is COc1ccc(C)nc1-c1nc2c(n1Cc1ccc(C(F)(F)F)cc1)C(N)N(CCC1CCC1)C(C(=O)O)=N2. The van der Waals surface area contributed by atoms with Gasteiger partial charge in [-0.25, -0.2) is 19.8 Å². The minimum absolute atomic E-state index is 0.108. The van der Waals surface area contributed by atoms with Gasteiger partial charge in [0.1, 0.15) is 23.3 Å². The number of hydrogen-bond acceptors (Lipinski definition) is 7. The second kappa shape index (κ2) is 10.3. The fourth-order valence-corrected chi connectivity index (χ4v) is 4.98. The van der Waals surface area contributed by atoms with Gasteiger partial charge in [-0.2, -0.15) is 13.2 Å².